The summed E-state index contributed by atoms with van der Waals surface area (Å²) >= 11 is 0. The van der Waals surface area contributed by atoms with Gasteiger partial charge in [0, 0.05) is 12.2 Å². The van der Waals surface area contributed by atoms with Crippen molar-refractivity contribution in [2.75, 3.05) is 18.6 Å². The molecule has 0 bridgehead atoms. The minimum absolute atomic E-state index is 0.891. The number of rotatable bonds is 2. The maximum absolute atomic E-state index is 5.24. The van der Waals surface area contributed by atoms with Crippen LogP contribution in [0.3, 0.4) is 0 Å². The van der Waals surface area contributed by atoms with E-state index in [1.807, 2.05) is 12.1 Å². The first kappa shape index (κ1) is 12.8. The first-order chi connectivity index (χ1) is 9.70. The number of fused-ring (bicyclic) bond motifs is 1. The number of methoxy groups -OCH3 is 1. The number of aryl methyl sites for hydroxylation is 1. The van der Waals surface area contributed by atoms with Gasteiger partial charge in [0.15, 0.2) is 0 Å². The fraction of sp³-hybridized carbons (Fsp3) is 0.222. The first-order valence-electron chi connectivity index (χ1n) is 6.89. The van der Waals surface area contributed by atoms with Crippen LogP contribution in [0.2, 0.25) is 0 Å². The number of hydrogen-bond donors (Lipinski definition) is 0. The van der Waals surface area contributed by atoms with E-state index >= 15 is 0 Å². The molecule has 2 aromatic rings. The average molecular weight is 265 g/mol. The number of hydrogen-bond acceptors (Lipinski definition) is 2. The summed E-state index contributed by atoms with van der Waals surface area (Å²) in [4.78, 5) is 2.36. The van der Waals surface area contributed by atoms with Crippen molar-refractivity contribution in [3.8, 4) is 5.75 Å². The largest absolute Gasteiger partial charge is 0.497 e. The van der Waals surface area contributed by atoms with E-state index in [9.17, 15) is 0 Å². The van der Waals surface area contributed by atoms with E-state index in [-0.39, 0.29) is 0 Å². The predicted molar refractivity (Wildman–Crippen MR) is 85.0 cm³/mol. The van der Waals surface area contributed by atoms with Crippen molar-refractivity contribution in [2.45, 2.75) is 13.8 Å². The third-order valence-corrected chi connectivity index (χ3v) is 3.97. The summed E-state index contributed by atoms with van der Waals surface area (Å²) < 4.78 is 5.24. The number of nitrogens with zero attached hydrogens (tertiary/aromatic N) is 1. The molecule has 0 N–H and O–H groups in total. The van der Waals surface area contributed by atoms with Crippen LogP contribution in [-0.2, 0) is 0 Å². The number of ether oxygens (including phenoxy) is 1. The quantitative estimate of drug-likeness (QED) is 0.794. The predicted octanol–water partition coefficient (Wildman–Crippen LogP) is 4.48. The molecule has 2 aromatic carbocycles. The van der Waals surface area contributed by atoms with Crippen molar-refractivity contribution in [3.63, 3.8) is 0 Å². The summed E-state index contributed by atoms with van der Waals surface area (Å²) in [6, 6.07) is 12.6. The third-order valence-electron chi connectivity index (χ3n) is 3.97. The van der Waals surface area contributed by atoms with Crippen molar-refractivity contribution in [1.82, 2.24) is 0 Å². The Hall–Kier alpha value is -2.22. The zero-order valence-corrected chi connectivity index (χ0v) is 12.2. The Morgan fingerprint density at radius 1 is 1.00 bits per heavy atom. The smallest absolute Gasteiger partial charge is 0.119 e. The lowest BCUT2D eigenvalue weighted by atomic mass is 9.98. The molecule has 0 fully saturated rings. The molecule has 1 aliphatic rings. The summed E-state index contributed by atoms with van der Waals surface area (Å²) in [6.07, 6.45) is 4.42. The van der Waals surface area contributed by atoms with E-state index in [0.717, 1.165) is 12.3 Å². The molecule has 2 heteroatoms. The summed E-state index contributed by atoms with van der Waals surface area (Å²) in [7, 11) is 1.70. The van der Waals surface area contributed by atoms with Crippen LogP contribution in [-0.4, -0.2) is 13.7 Å². The van der Waals surface area contributed by atoms with E-state index in [2.05, 4.69) is 55.2 Å². The average Bonchev–Trinajstić information content (AvgIpc) is 2.50. The summed E-state index contributed by atoms with van der Waals surface area (Å²) in [6.45, 7) is 5.27. The van der Waals surface area contributed by atoms with Crippen LogP contribution in [0.5, 0.6) is 5.75 Å². The van der Waals surface area contributed by atoms with E-state index in [0.29, 0.717) is 0 Å². The van der Waals surface area contributed by atoms with Crippen molar-refractivity contribution >= 4 is 17.5 Å². The van der Waals surface area contributed by atoms with Crippen LogP contribution in [0.25, 0.3) is 6.08 Å². The molecular weight excluding hydrogens is 246 g/mol. The molecule has 3 rings (SSSR count). The van der Waals surface area contributed by atoms with Gasteiger partial charge in [0.2, 0.25) is 0 Å². The molecule has 0 radical (unpaired) electrons. The molecule has 2 nitrogen and oxygen atoms in total. The second kappa shape index (κ2) is 5.04. The van der Waals surface area contributed by atoms with Crippen molar-refractivity contribution < 1.29 is 4.74 Å². The summed E-state index contributed by atoms with van der Waals surface area (Å²) in [5, 5.41) is 0. The second-order valence-corrected chi connectivity index (χ2v) is 5.16. The Morgan fingerprint density at radius 2 is 1.75 bits per heavy atom. The highest BCUT2D eigenvalue weighted by Gasteiger charge is 2.18. The van der Waals surface area contributed by atoms with E-state index in [4.69, 9.17) is 4.74 Å². The highest BCUT2D eigenvalue weighted by Crippen LogP contribution is 2.36. The van der Waals surface area contributed by atoms with Crippen molar-refractivity contribution in [1.29, 1.82) is 0 Å². The maximum Gasteiger partial charge on any atom is 0.119 e. The van der Waals surface area contributed by atoms with Gasteiger partial charge in [-0.3, -0.25) is 0 Å². The van der Waals surface area contributed by atoms with Crippen LogP contribution in [0.15, 0.2) is 42.5 Å². The Labute approximate surface area is 120 Å². The lowest BCUT2D eigenvalue weighted by Gasteiger charge is -2.30. The van der Waals surface area contributed by atoms with Crippen LogP contribution >= 0.6 is 0 Å². The Bertz CT molecular complexity index is 656. The van der Waals surface area contributed by atoms with Gasteiger partial charge < -0.3 is 9.64 Å². The van der Waals surface area contributed by atoms with Gasteiger partial charge >= 0.3 is 0 Å². The standard InChI is InChI=1S/C18H19NO/c1-13-6-7-15-5-4-12-19(18(15)14(13)2)16-8-10-17(20-3)11-9-16/h4-11H,12H2,1-3H3. The Morgan fingerprint density at radius 3 is 2.45 bits per heavy atom. The molecule has 0 unspecified atom stereocenters. The summed E-state index contributed by atoms with van der Waals surface area (Å²) in [5.41, 5.74) is 6.48. The third kappa shape index (κ3) is 2.07. The Kier molecular flexibility index (Phi) is 3.23. The molecule has 0 aromatic heterocycles. The molecule has 0 aliphatic carbocycles. The molecule has 20 heavy (non-hydrogen) atoms. The molecule has 102 valence electrons. The van der Waals surface area contributed by atoms with Gasteiger partial charge in [-0.2, -0.15) is 0 Å². The molecule has 0 atom stereocenters. The van der Waals surface area contributed by atoms with Gasteiger partial charge in [-0.15, -0.1) is 0 Å². The van der Waals surface area contributed by atoms with Gasteiger partial charge in [0.1, 0.15) is 5.75 Å². The van der Waals surface area contributed by atoms with Crippen LogP contribution in [0, 0.1) is 13.8 Å². The highest BCUT2D eigenvalue weighted by molar-refractivity contribution is 5.80. The number of benzene rings is 2. The lowest BCUT2D eigenvalue weighted by Crippen LogP contribution is -2.21. The topological polar surface area (TPSA) is 12.5 Å². The second-order valence-electron chi connectivity index (χ2n) is 5.16. The normalized spacial score (nSPS) is 13.2. The number of anilines is 2. The van der Waals surface area contributed by atoms with Crippen LogP contribution < -0.4 is 9.64 Å². The fourth-order valence-corrected chi connectivity index (χ4v) is 2.69. The first-order valence-corrected chi connectivity index (χ1v) is 6.89. The molecular formula is C18H19NO. The SMILES string of the molecule is COc1ccc(N2CC=Cc3ccc(C)c(C)c32)cc1. The molecule has 0 saturated carbocycles. The van der Waals surface area contributed by atoms with Gasteiger partial charge in [-0.25, -0.2) is 0 Å². The summed E-state index contributed by atoms with van der Waals surface area (Å²) in [5.74, 6) is 0.891. The van der Waals surface area contributed by atoms with Gasteiger partial charge in [0.25, 0.3) is 0 Å². The fourth-order valence-electron chi connectivity index (χ4n) is 2.69. The lowest BCUT2D eigenvalue weighted by molar-refractivity contribution is 0.415. The minimum Gasteiger partial charge on any atom is -0.497 e. The van der Waals surface area contributed by atoms with E-state index in [1.54, 1.807) is 7.11 Å². The maximum atomic E-state index is 5.24. The van der Waals surface area contributed by atoms with E-state index in [1.165, 1.54) is 28.1 Å². The molecule has 1 heterocycles. The van der Waals surface area contributed by atoms with E-state index < -0.39 is 0 Å². The van der Waals surface area contributed by atoms with Crippen molar-refractivity contribution in [2.24, 2.45) is 0 Å². The van der Waals surface area contributed by atoms with Gasteiger partial charge in [0.05, 0.1) is 12.8 Å². The van der Waals surface area contributed by atoms with Crippen molar-refractivity contribution in [3.05, 3.63) is 59.2 Å². The Balaban J connectivity index is 2.08. The van der Waals surface area contributed by atoms with Crippen LogP contribution in [0.4, 0.5) is 11.4 Å². The zero-order chi connectivity index (χ0) is 14.1. The highest BCUT2D eigenvalue weighted by atomic mass is 16.5. The molecule has 0 spiro atoms. The van der Waals surface area contributed by atoms with Gasteiger partial charge in [-0.1, -0.05) is 24.3 Å². The molecule has 0 saturated heterocycles. The van der Waals surface area contributed by atoms with Gasteiger partial charge in [-0.05, 0) is 54.8 Å². The van der Waals surface area contributed by atoms with Crippen LogP contribution in [0.1, 0.15) is 16.7 Å². The zero-order valence-electron chi connectivity index (χ0n) is 12.2. The minimum atomic E-state index is 0.891. The molecule has 0 amide bonds. The monoisotopic (exact) mass is 265 g/mol. The molecule has 1 aliphatic heterocycles.